The van der Waals surface area contributed by atoms with Gasteiger partial charge in [-0.1, -0.05) is 47.5 Å². The molecule has 3 aromatic carbocycles. The monoisotopic (exact) mass is 633 g/mol. The maximum Gasteiger partial charge on any atom is 0.253 e. The van der Waals surface area contributed by atoms with Crippen LogP contribution in [0.3, 0.4) is 0 Å². The number of halogens is 2. The molecule has 4 rings (SSSR count). The van der Waals surface area contributed by atoms with Gasteiger partial charge in [0.1, 0.15) is 0 Å². The van der Waals surface area contributed by atoms with Crippen molar-refractivity contribution < 1.29 is 27.5 Å². The highest BCUT2D eigenvalue weighted by molar-refractivity contribution is 7.88. The van der Waals surface area contributed by atoms with Gasteiger partial charge in [0.25, 0.3) is 5.91 Å². The number of carbonyl (C=O) groups excluding carboxylic acids is 2. The van der Waals surface area contributed by atoms with Gasteiger partial charge in [-0.05, 0) is 61.2 Å². The number of nitrogens with zero attached hydrogens (tertiary/aromatic N) is 1. The summed E-state index contributed by atoms with van der Waals surface area (Å²) >= 11 is 12.4. The van der Waals surface area contributed by atoms with Crippen LogP contribution in [0.1, 0.15) is 34.3 Å². The van der Waals surface area contributed by atoms with Crippen LogP contribution in [-0.4, -0.2) is 58.4 Å². The number of piperidine rings is 1. The number of anilines is 1. The Hall–Kier alpha value is -3.31. The molecule has 1 fully saturated rings. The van der Waals surface area contributed by atoms with E-state index in [1.54, 1.807) is 56.7 Å². The molecular weight excluding hydrogens is 601 g/mol. The molecule has 2 N–H and O–H groups in total. The molecule has 0 aliphatic carbocycles. The normalized spacial score (nSPS) is 15.6. The Bertz CT molecular complexity index is 1530. The zero-order valence-electron chi connectivity index (χ0n) is 23.4. The lowest BCUT2D eigenvalue weighted by Gasteiger charge is -2.31. The highest BCUT2D eigenvalue weighted by Crippen LogP contribution is 2.30. The Morgan fingerprint density at radius 2 is 1.69 bits per heavy atom. The molecule has 0 spiro atoms. The van der Waals surface area contributed by atoms with Crippen molar-refractivity contribution in [2.45, 2.75) is 25.0 Å². The number of ether oxygens (including phenoxy) is 2. The van der Waals surface area contributed by atoms with E-state index in [9.17, 15) is 18.0 Å². The van der Waals surface area contributed by atoms with E-state index < -0.39 is 15.9 Å². The van der Waals surface area contributed by atoms with Crippen LogP contribution in [0, 0.1) is 5.92 Å². The van der Waals surface area contributed by atoms with Crippen molar-refractivity contribution in [3.63, 3.8) is 0 Å². The van der Waals surface area contributed by atoms with Crippen LogP contribution in [0.25, 0.3) is 0 Å². The fourth-order valence-electron chi connectivity index (χ4n) is 4.83. The van der Waals surface area contributed by atoms with Gasteiger partial charge in [-0.2, -0.15) is 0 Å². The molecule has 9 nitrogen and oxygen atoms in total. The van der Waals surface area contributed by atoms with E-state index in [1.807, 2.05) is 18.2 Å². The molecule has 224 valence electrons. The van der Waals surface area contributed by atoms with E-state index in [1.165, 1.54) is 4.31 Å². The Morgan fingerprint density at radius 1 is 0.976 bits per heavy atom. The quantitative estimate of drug-likeness (QED) is 0.301. The predicted octanol–water partition coefficient (Wildman–Crippen LogP) is 5.16. The summed E-state index contributed by atoms with van der Waals surface area (Å²) in [6, 6.07) is 17.1. The summed E-state index contributed by atoms with van der Waals surface area (Å²) in [6.07, 6.45) is 1.60. The van der Waals surface area contributed by atoms with Gasteiger partial charge in [0, 0.05) is 35.2 Å². The van der Waals surface area contributed by atoms with Crippen molar-refractivity contribution in [2.24, 2.45) is 5.92 Å². The molecule has 1 atom stereocenters. The van der Waals surface area contributed by atoms with E-state index in [0.717, 1.165) is 5.56 Å². The van der Waals surface area contributed by atoms with E-state index in [-0.39, 0.29) is 34.2 Å². The fourth-order valence-corrected chi connectivity index (χ4v) is 7.19. The minimum atomic E-state index is -3.78. The third-order valence-electron chi connectivity index (χ3n) is 7.11. The Labute approximate surface area is 256 Å². The number of nitrogens with one attached hydrogen (secondary N) is 2. The first-order chi connectivity index (χ1) is 20.1. The highest BCUT2D eigenvalue weighted by atomic mass is 35.5. The average molecular weight is 635 g/mol. The van der Waals surface area contributed by atoms with Gasteiger partial charge < -0.3 is 20.1 Å². The summed E-state index contributed by atoms with van der Waals surface area (Å²) in [7, 11) is -0.645. The Kier molecular flexibility index (Phi) is 10.7. The van der Waals surface area contributed by atoms with Gasteiger partial charge in [-0.15, -0.1) is 0 Å². The van der Waals surface area contributed by atoms with Gasteiger partial charge in [0.15, 0.2) is 11.5 Å². The number of methoxy groups -OCH3 is 2. The van der Waals surface area contributed by atoms with Crippen molar-refractivity contribution in [3.05, 3.63) is 87.4 Å². The standard InChI is InChI=1S/C30H33Cl2N3O6S/c1-40-27-13-12-20(17-28(27)41-2)14-15-33-30(37)22-8-3-4-11-26(22)34-29(36)21-7-6-16-35(18-21)42(38,39)19-23-24(31)9-5-10-25(23)32/h3-5,8-13,17,21H,6-7,14-16,18-19H2,1-2H3,(H,33,37)(H,34,36)/t21-/m1/s1. The van der Waals surface area contributed by atoms with Crippen molar-refractivity contribution in [3.8, 4) is 11.5 Å². The average Bonchev–Trinajstić information content (AvgIpc) is 2.99. The Morgan fingerprint density at radius 3 is 2.40 bits per heavy atom. The van der Waals surface area contributed by atoms with Crippen LogP contribution >= 0.6 is 23.2 Å². The summed E-state index contributed by atoms with van der Waals surface area (Å²) in [5.41, 5.74) is 1.96. The van der Waals surface area contributed by atoms with E-state index in [4.69, 9.17) is 32.7 Å². The van der Waals surface area contributed by atoms with Crippen LogP contribution in [-0.2, 0) is 27.0 Å². The third kappa shape index (κ3) is 7.74. The second-order valence-electron chi connectivity index (χ2n) is 9.88. The number of sulfonamides is 1. The lowest BCUT2D eigenvalue weighted by Crippen LogP contribution is -2.44. The molecule has 1 aliphatic rings. The van der Waals surface area contributed by atoms with Gasteiger partial charge in [-0.3, -0.25) is 9.59 Å². The number of carbonyl (C=O) groups is 2. The zero-order valence-corrected chi connectivity index (χ0v) is 25.7. The molecule has 1 saturated heterocycles. The maximum atomic E-state index is 13.3. The van der Waals surface area contributed by atoms with Crippen molar-refractivity contribution in [2.75, 3.05) is 39.2 Å². The smallest absolute Gasteiger partial charge is 0.253 e. The lowest BCUT2D eigenvalue weighted by atomic mass is 9.98. The number of para-hydroxylation sites is 1. The SMILES string of the molecule is COc1ccc(CCNC(=O)c2ccccc2NC(=O)[C@@H]2CCCN(S(=O)(=O)Cc3c(Cl)cccc3Cl)C2)cc1OC. The summed E-state index contributed by atoms with van der Waals surface area (Å²) in [6.45, 7) is 0.685. The predicted molar refractivity (Wildman–Crippen MR) is 164 cm³/mol. The Balaban J connectivity index is 1.37. The molecule has 12 heteroatoms. The summed E-state index contributed by atoms with van der Waals surface area (Å²) in [4.78, 5) is 26.3. The molecule has 0 bridgehead atoms. The highest BCUT2D eigenvalue weighted by Gasteiger charge is 2.33. The van der Waals surface area contributed by atoms with Gasteiger partial charge in [-0.25, -0.2) is 12.7 Å². The largest absolute Gasteiger partial charge is 0.493 e. The molecule has 1 aliphatic heterocycles. The first-order valence-electron chi connectivity index (χ1n) is 13.4. The maximum absolute atomic E-state index is 13.3. The van der Waals surface area contributed by atoms with Crippen LogP contribution in [0.4, 0.5) is 5.69 Å². The van der Waals surface area contributed by atoms with Crippen LogP contribution < -0.4 is 20.1 Å². The topological polar surface area (TPSA) is 114 Å². The zero-order chi connectivity index (χ0) is 30.3. The first-order valence-corrected chi connectivity index (χ1v) is 15.8. The summed E-state index contributed by atoms with van der Waals surface area (Å²) in [5.74, 6) is -0.398. The van der Waals surface area contributed by atoms with Gasteiger partial charge in [0.05, 0.1) is 37.1 Å². The van der Waals surface area contributed by atoms with Gasteiger partial charge in [0.2, 0.25) is 15.9 Å². The molecular formula is C30H33Cl2N3O6S. The number of benzene rings is 3. The number of hydrogen-bond donors (Lipinski definition) is 2. The second kappa shape index (κ2) is 14.2. The lowest BCUT2D eigenvalue weighted by molar-refractivity contribution is -0.120. The minimum Gasteiger partial charge on any atom is -0.493 e. The molecule has 0 unspecified atom stereocenters. The van der Waals surface area contributed by atoms with Crippen molar-refractivity contribution in [1.29, 1.82) is 0 Å². The van der Waals surface area contributed by atoms with E-state index in [2.05, 4.69) is 10.6 Å². The molecule has 2 amide bonds. The summed E-state index contributed by atoms with van der Waals surface area (Å²) in [5, 5.41) is 6.29. The molecule has 1 heterocycles. The van der Waals surface area contributed by atoms with Crippen LogP contribution in [0.2, 0.25) is 10.0 Å². The summed E-state index contributed by atoms with van der Waals surface area (Å²) < 4.78 is 38.3. The fraction of sp³-hybridized carbons (Fsp3) is 0.333. The first kappa shape index (κ1) is 31.6. The molecule has 0 radical (unpaired) electrons. The van der Waals surface area contributed by atoms with Crippen LogP contribution in [0.5, 0.6) is 11.5 Å². The number of hydrogen-bond acceptors (Lipinski definition) is 6. The van der Waals surface area contributed by atoms with Crippen molar-refractivity contribution >= 4 is 50.7 Å². The molecule has 3 aromatic rings. The molecule has 42 heavy (non-hydrogen) atoms. The number of amides is 2. The van der Waals surface area contributed by atoms with E-state index in [0.29, 0.717) is 60.7 Å². The molecule has 0 saturated carbocycles. The van der Waals surface area contributed by atoms with Crippen LogP contribution in [0.15, 0.2) is 60.7 Å². The van der Waals surface area contributed by atoms with E-state index >= 15 is 0 Å². The van der Waals surface area contributed by atoms with Crippen molar-refractivity contribution in [1.82, 2.24) is 9.62 Å². The van der Waals surface area contributed by atoms with Gasteiger partial charge >= 0.3 is 0 Å². The molecule has 0 aromatic heterocycles. The number of rotatable bonds is 11. The second-order valence-corrected chi connectivity index (χ2v) is 12.7. The minimum absolute atomic E-state index is 0.0237. The third-order valence-corrected chi connectivity index (χ3v) is 9.59.